The third-order valence-corrected chi connectivity index (χ3v) is 6.81. The second kappa shape index (κ2) is 8.91. The molecule has 0 atom stereocenters. The van der Waals surface area contributed by atoms with E-state index in [1.165, 1.54) is 16.4 Å². The summed E-state index contributed by atoms with van der Waals surface area (Å²) in [5.74, 6) is 0.559. The minimum absolute atomic E-state index is 0.114. The summed E-state index contributed by atoms with van der Waals surface area (Å²) in [5, 5.41) is 3.35. The Kier molecular flexibility index (Phi) is 6.56. The number of hydrogen-bond donors (Lipinski definition) is 2. The van der Waals surface area contributed by atoms with Crippen molar-refractivity contribution >= 4 is 33.2 Å². The molecule has 2 aromatic carbocycles. The van der Waals surface area contributed by atoms with Gasteiger partial charge in [0.15, 0.2) is 6.54 Å². The van der Waals surface area contributed by atoms with E-state index in [4.69, 9.17) is 16.3 Å². The van der Waals surface area contributed by atoms with Gasteiger partial charge in [0, 0.05) is 16.8 Å². The number of benzene rings is 2. The summed E-state index contributed by atoms with van der Waals surface area (Å²) < 4.78 is 32.0. The number of quaternary nitrogens is 1. The lowest BCUT2D eigenvalue weighted by atomic mass is 10.3. The first-order valence-corrected chi connectivity index (χ1v) is 10.7. The molecule has 1 aliphatic rings. The molecule has 2 aromatic rings. The van der Waals surface area contributed by atoms with Crippen molar-refractivity contribution in [3.63, 3.8) is 0 Å². The van der Waals surface area contributed by atoms with E-state index >= 15 is 0 Å². The van der Waals surface area contributed by atoms with E-state index in [2.05, 4.69) is 5.32 Å². The highest BCUT2D eigenvalue weighted by atomic mass is 35.5. The number of amides is 1. The quantitative estimate of drug-likeness (QED) is 0.721. The van der Waals surface area contributed by atoms with E-state index in [0.717, 1.165) is 4.90 Å². The number of sulfonamides is 1. The van der Waals surface area contributed by atoms with E-state index in [0.29, 0.717) is 42.6 Å². The Bertz CT molecular complexity index is 926. The van der Waals surface area contributed by atoms with Crippen LogP contribution in [-0.2, 0) is 14.8 Å². The molecule has 7 nitrogen and oxygen atoms in total. The van der Waals surface area contributed by atoms with Crippen LogP contribution in [0, 0.1) is 0 Å². The number of ether oxygens (including phenoxy) is 1. The van der Waals surface area contributed by atoms with Crippen molar-refractivity contribution < 1.29 is 22.8 Å². The summed E-state index contributed by atoms with van der Waals surface area (Å²) in [6.45, 7) is 2.15. The van der Waals surface area contributed by atoms with Crippen LogP contribution in [0.4, 0.5) is 5.69 Å². The van der Waals surface area contributed by atoms with Crippen molar-refractivity contribution in [1.82, 2.24) is 4.31 Å². The molecule has 0 aromatic heterocycles. The molecule has 28 heavy (non-hydrogen) atoms. The third-order valence-electron chi connectivity index (χ3n) is 4.64. The molecule has 150 valence electrons. The van der Waals surface area contributed by atoms with Crippen LogP contribution in [0.3, 0.4) is 0 Å². The second-order valence-corrected chi connectivity index (χ2v) is 8.94. The first-order valence-electron chi connectivity index (χ1n) is 8.91. The van der Waals surface area contributed by atoms with Crippen LogP contribution in [0.2, 0.25) is 5.02 Å². The fraction of sp³-hybridized carbons (Fsp3) is 0.316. The summed E-state index contributed by atoms with van der Waals surface area (Å²) >= 11 is 5.83. The van der Waals surface area contributed by atoms with Gasteiger partial charge in [0.1, 0.15) is 5.75 Å². The molecule has 0 unspecified atom stereocenters. The maximum atomic E-state index is 12.7. The van der Waals surface area contributed by atoms with Gasteiger partial charge in [0.2, 0.25) is 10.0 Å². The minimum Gasteiger partial charge on any atom is -0.497 e. The van der Waals surface area contributed by atoms with Gasteiger partial charge < -0.3 is 15.0 Å². The number of halogens is 1. The smallest absolute Gasteiger partial charge is 0.279 e. The standard InChI is InChI=1S/C19H22ClN3O4S/c1-27-17-4-2-3-16(13-17)21-19(24)14-22-9-11-23(12-10-22)28(25,26)18-7-5-15(20)6-8-18/h2-8,13H,9-12,14H2,1H3,(H,21,24)/p+1. The van der Waals surface area contributed by atoms with Crippen LogP contribution in [0.1, 0.15) is 0 Å². The SMILES string of the molecule is COc1cccc(NC(=O)C[NH+]2CCN(S(=O)(=O)c3ccc(Cl)cc3)CC2)c1. The fourth-order valence-corrected chi connectivity index (χ4v) is 4.68. The number of nitrogens with one attached hydrogen (secondary N) is 2. The Labute approximate surface area is 169 Å². The molecular formula is C19H23ClN3O4S+. The number of rotatable bonds is 6. The molecule has 1 fully saturated rings. The van der Waals surface area contributed by atoms with E-state index in [1.807, 2.05) is 6.07 Å². The average molecular weight is 425 g/mol. The Morgan fingerprint density at radius 3 is 2.50 bits per heavy atom. The molecule has 1 saturated heterocycles. The molecule has 0 bridgehead atoms. The molecule has 9 heteroatoms. The van der Waals surface area contributed by atoms with Gasteiger partial charge in [-0.3, -0.25) is 4.79 Å². The Morgan fingerprint density at radius 1 is 1.18 bits per heavy atom. The van der Waals surface area contributed by atoms with E-state index in [-0.39, 0.29) is 17.3 Å². The third kappa shape index (κ3) is 5.02. The number of nitrogens with zero attached hydrogens (tertiary/aromatic N) is 1. The first kappa shape index (κ1) is 20.6. The summed E-state index contributed by atoms with van der Waals surface area (Å²) in [7, 11) is -1.97. The number of carbonyl (C=O) groups is 1. The van der Waals surface area contributed by atoms with Gasteiger partial charge in [0.05, 0.1) is 38.2 Å². The van der Waals surface area contributed by atoms with E-state index in [1.54, 1.807) is 37.4 Å². The van der Waals surface area contributed by atoms with Crippen molar-refractivity contribution in [3.8, 4) is 5.75 Å². The Hall–Kier alpha value is -2.13. The van der Waals surface area contributed by atoms with E-state index in [9.17, 15) is 13.2 Å². The molecule has 1 aliphatic heterocycles. The molecule has 1 amide bonds. The minimum atomic E-state index is -3.54. The zero-order valence-electron chi connectivity index (χ0n) is 15.5. The fourth-order valence-electron chi connectivity index (χ4n) is 3.11. The van der Waals surface area contributed by atoms with Gasteiger partial charge in [-0.1, -0.05) is 17.7 Å². The molecular weight excluding hydrogens is 402 g/mol. The first-order chi connectivity index (χ1) is 13.4. The number of hydrogen-bond acceptors (Lipinski definition) is 4. The summed E-state index contributed by atoms with van der Waals surface area (Å²) in [6.07, 6.45) is 0. The molecule has 2 N–H and O–H groups in total. The van der Waals surface area contributed by atoms with Gasteiger partial charge in [0.25, 0.3) is 5.91 Å². The van der Waals surface area contributed by atoms with Crippen molar-refractivity contribution in [2.75, 3.05) is 45.2 Å². The lowest BCUT2D eigenvalue weighted by Gasteiger charge is -2.31. The highest BCUT2D eigenvalue weighted by Crippen LogP contribution is 2.18. The molecule has 3 rings (SSSR count). The number of carbonyl (C=O) groups excluding carboxylic acids is 1. The largest absolute Gasteiger partial charge is 0.497 e. The van der Waals surface area contributed by atoms with Gasteiger partial charge in [-0.2, -0.15) is 4.31 Å². The van der Waals surface area contributed by atoms with Gasteiger partial charge >= 0.3 is 0 Å². The molecule has 0 aliphatic carbocycles. The van der Waals surface area contributed by atoms with E-state index < -0.39 is 10.0 Å². The molecule has 1 heterocycles. The Morgan fingerprint density at radius 2 is 1.86 bits per heavy atom. The predicted octanol–water partition coefficient (Wildman–Crippen LogP) is 0.877. The maximum absolute atomic E-state index is 12.7. The van der Waals surface area contributed by atoms with Gasteiger partial charge in [-0.15, -0.1) is 0 Å². The van der Waals surface area contributed by atoms with Gasteiger partial charge in [-0.25, -0.2) is 8.42 Å². The van der Waals surface area contributed by atoms with Crippen molar-refractivity contribution in [1.29, 1.82) is 0 Å². The van der Waals surface area contributed by atoms with Crippen molar-refractivity contribution in [2.45, 2.75) is 4.90 Å². The zero-order chi connectivity index (χ0) is 20.1. The number of methoxy groups -OCH3 is 1. The number of piperazine rings is 1. The topological polar surface area (TPSA) is 80.2 Å². The second-order valence-electron chi connectivity index (χ2n) is 6.56. The van der Waals surface area contributed by atoms with Crippen molar-refractivity contribution in [2.24, 2.45) is 0 Å². The molecule has 0 radical (unpaired) electrons. The molecule has 0 saturated carbocycles. The lowest BCUT2D eigenvalue weighted by molar-refractivity contribution is -0.895. The number of anilines is 1. The van der Waals surface area contributed by atoms with Crippen LogP contribution in [-0.4, -0.2) is 58.5 Å². The van der Waals surface area contributed by atoms with Crippen LogP contribution < -0.4 is 15.0 Å². The molecule has 0 spiro atoms. The van der Waals surface area contributed by atoms with Crippen LogP contribution in [0.25, 0.3) is 0 Å². The Balaban J connectivity index is 1.53. The monoisotopic (exact) mass is 424 g/mol. The average Bonchev–Trinajstić information content (AvgIpc) is 2.69. The lowest BCUT2D eigenvalue weighted by Crippen LogP contribution is -3.15. The predicted molar refractivity (Wildman–Crippen MR) is 107 cm³/mol. The highest BCUT2D eigenvalue weighted by molar-refractivity contribution is 7.89. The summed E-state index contributed by atoms with van der Waals surface area (Å²) in [4.78, 5) is 13.6. The normalized spacial score (nSPS) is 15.9. The van der Waals surface area contributed by atoms with Crippen LogP contribution in [0.15, 0.2) is 53.4 Å². The summed E-state index contributed by atoms with van der Waals surface area (Å²) in [5.41, 5.74) is 0.674. The zero-order valence-corrected chi connectivity index (χ0v) is 17.1. The van der Waals surface area contributed by atoms with Gasteiger partial charge in [-0.05, 0) is 36.4 Å². The van der Waals surface area contributed by atoms with Crippen LogP contribution in [0.5, 0.6) is 5.75 Å². The highest BCUT2D eigenvalue weighted by Gasteiger charge is 2.31. The van der Waals surface area contributed by atoms with Crippen molar-refractivity contribution in [3.05, 3.63) is 53.6 Å². The maximum Gasteiger partial charge on any atom is 0.279 e. The van der Waals surface area contributed by atoms with Crippen LogP contribution >= 0.6 is 11.6 Å². The summed E-state index contributed by atoms with van der Waals surface area (Å²) in [6, 6.07) is 13.3.